The van der Waals surface area contributed by atoms with Gasteiger partial charge in [-0.3, -0.25) is 10.1 Å². The van der Waals surface area contributed by atoms with Crippen LogP contribution in [0.5, 0.6) is 0 Å². The minimum atomic E-state index is -0.430. The smallest absolute Gasteiger partial charge is 0.301 e. The Morgan fingerprint density at radius 2 is 2.41 bits per heavy atom. The molecule has 92 valence electrons. The van der Waals surface area contributed by atoms with Gasteiger partial charge in [-0.15, -0.1) is 11.8 Å². The molecule has 1 fully saturated rings. The summed E-state index contributed by atoms with van der Waals surface area (Å²) in [6, 6.07) is 4.99. The molecule has 4 nitrogen and oxygen atoms in total. The summed E-state index contributed by atoms with van der Waals surface area (Å²) in [4.78, 5) is 11.1. The fourth-order valence-corrected chi connectivity index (χ4v) is 3.17. The van der Waals surface area contributed by atoms with Crippen LogP contribution >= 0.6 is 23.4 Å². The lowest BCUT2D eigenvalue weighted by Crippen LogP contribution is -2.08. The van der Waals surface area contributed by atoms with E-state index < -0.39 is 4.92 Å². The molecular formula is C11H12ClNO3S. The fraction of sp³-hybridized carbons (Fsp3) is 0.455. The zero-order valence-electron chi connectivity index (χ0n) is 9.10. The molecule has 0 saturated carbocycles. The number of benzene rings is 1. The Morgan fingerprint density at radius 3 is 3.06 bits per heavy atom. The maximum Gasteiger partial charge on any atom is 0.301 e. The first-order valence-corrected chi connectivity index (χ1v) is 6.72. The highest BCUT2D eigenvalue weighted by molar-refractivity contribution is 7.99. The highest BCUT2D eigenvalue weighted by Crippen LogP contribution is 2.36. The summed E-state index contributed by atoms with van der Waals surface area (Å²) in [5.74, 6) is 0.737. The lowest BCUT2D eigenvalue weighted by molar-refractivity contribution is -0.387. The number of rotatable bonds is 4. The molecule has 0 radical (unpaired) electrons. The van der Waals surface area contributed by atoms with Crippen molar-refractivity contribution in [3.05, 3.63) is 33.3 Å². The SMILES string of the molecule is O=[N+]([O-])c1c(Cl)cccc1SCC1CCCO1. The third-order valence-electron chi connectivity index (χ3n) is 2.58. The summed E-state index contributed by atoms with van der Waals surface area (Å²) in [6.45, 7) is 0.795. The van der Waals surface area contributed by atoms with Crippen molar-refractivity contribution in [3.8, 4) is 0 Å². The van der Waals surface area contributed by atoms with Gasteiger partial charge in [0, 0.05) is 12.4 Å². The first-order valence-electron chi connectivity index (χ1n) is 5.36. The molecule has 1 unspecified atom stereocenters. The van der Waals surface area contributed by atoms with Crippen molar-refractivity contribution in [2.45, 2.75) is 23.8 Å². The monoisotopic (exact) mass is 273 g/mol. The van der Waals surface area contributed by atoms with Crippen molar-refractivity contribution < 1.29 is 9.66 Å². The van der Waals surface area contributed by atoms with Crippen LogP contribution in [0.4, 0.5) is 5.69 Å². The van der Waals surface area contributed by atoms with Crippen LogP contribution in [0.2, 0.25) is 5.02 Å². The highest BCUT2D eigenvalue weighted by Gasteiger charge is 2.21. The second kappa shape index (κ2) is 5.71. The van der Waals surface area contributed by atoms with Crippen LogP contribution in [0.25, 0.3) is 0 Å². The molecule has 1 aromatic rings. The van der Waals surface area contributed by atoms with Gasteiger partial charge < -0.3 is 4.74 Å². The predicted molar refractivity (Wildman–Crippen MR) is 67.8 cm³/mol. The van der Waals surface area contributed by atoms with Gasteiger partial charge in [0.2, 0.25) is 0 Å². The number of hydrogen-bond acceptors (Lipinski definition) is 4. The Morgan fingerprint density at radius 1 is 1.59 bits per heavy atom. The average molecular weight is 274 g/mol. The number of nitrogens with zero attached hydrogens (tertiary/aromatic N) is 1. The van der Waals surface area contributed by atoms with Gasteiger partial charge in [-0.05, 0) is 25.0 Å². The molecule has 0 bridgehead atoms. The van der Waals surface area contributed by atoms with Crippen LogP contribution in [0.15, 0.2) is 23.1 Å². The van der Waals surface area contributed by atoms with Crippen molar-refractivity contribution in [2.75, 3.05) is 12.4 Å². The second-order valence-electron chi connectivity index (χ2n) is 3.79. The summed E-state index contributed by atoms with van der Waals surface area (Å²) in [5, 5.41) is 11.1. The minimum absolute atomic E-state index is 0.00263. The van der Waals surface area contributed by atoms with Crippen molar-refractivity contribution in [2.24, 2.45) is 0 Å². The van der Waals surface area contributed by atoms with Gasteiger partial charge in [-0.25, -0.2) is 0 Å². The normalized spacial score (nSPS) is 19.5. The summed E-state index contributed by atoms with van der Waals surface area (Å²) in [7, 11) is 0. The number of nitro benzene ring substituents is 1. The molecular weight excluding hydrogens is 262 g/mol. The fourth-order valence-electron chi connectivity index (χ4n) is 1.75. The van der Waals surface area contributed by atoms with E-state index in [2.05, 4.69) is 0 Å². The molecule has 6 heteroatoms. The van der Waals surface area contributed by atoms with Crippen molar-refractivity contribution in [3.63, 3.8) is 0 Å². The largest absolute Gasteiger partial charge is 0.377 e. The molecule has 1 atom stereocenters. The lowest BCUT2D eigenvalue weighted by Gasteiger charge is -2.09. The molecule has 0 spiro atoms. The third-order valence-corrected chi connectivity index (χ3v) is 4.06. The maximum absolute atomic E-state index is 10.9. The van der Waals surface area contributed by atoms with Crippen LogP contribution in [0, 0.1) is 10.1 Å². The maximum atomic E-state index is 10.9. The Hall–Kier alpha value is -0.780. The molecule has 1 aliphatic rings. The second-order valence-corrected chi connectivity index (χ2v) is 5.26. The molecule has 0 aliphatic carbocycles. The van der Waals surface area contributed by atoms with Gasteiger partial charge in [0.15, 0.2) is 0 Å². The molecule has 0 amide bonds. The molecule has 0 N–H and O–H groups in total. The Kier molecular flexibility index (Phi) is 4.25. The van der Waals surface area contributed by atoms with E-state index in [0.717, 1.165) is 25.2 Å². The first-order chi connectivity index (χ1) is 8.18. The standard InChI is InChI=1S/C11H12ClNO3S/c12-9-4-1-5-10(11(9)13(14)15)17-7-8-3-2-6-16-8/h1,4-5,8H,2-3,6-7H2. The topological polar surface area (TPSA) is 52.4 Å². The number of hydrogen-bond donors (Lipinski definition) is 0. The molecule has 17 heavy (non-hydrogen) atoms. The zero-order valence-corrected chi connectivity index (χ0v) is 10.7. The highest BCUT2D eigenvalue weighted by atomic mass is 35.5. The molecule has 2 rings (SSSR count). The summed E-state index contributed by atoms with van der Waals surface area (Å²) >= 11 is 7.27. The van der Waals surface area contributed by atoms with Crippen LogP contribution in [0.1, 0.15) is 12.8 Å². The number of para-hydroxylation sites is 1. The number of ether oxygens (including phenoxy) is 1. The van der Waals surface area contributed by atoms with E-state index in [9.17, 15) is 10.1 Å². The molecule has 1 aliphatic heterocycles. The third kappa shape index (κ3) is 3.12. The van der Waals surface area contributed by atoms with Crippen LogP contribution in [-0.2, 0) is 4.74 Å². The van der Waals surface area contributed by atoms with Gasteiger partial charge >= 0.3 is 5.69 Å². The van der Waals surface area contributed by atoms with E-state index in [0.29, 0.717) is 4.90 Å². The first kappa shape index (κ1) is 12.7. The number of halogens is 1. The molecule has 1 heterocycles. The number of nitro groups is 1. The number of thioether (sulfide) groups is 1. The van der Waals surface area contributed by atoms with Gasteiger partial charge in [0.25, 0.3) is 0 Å². The average Bonchev–Trinajstić information content (AvgIpc) is 2.78. The Bertz CT molecular complexity index is 421. The van der Waals surface area contributed by atoms with E-state index in [4.69, 9.17) is 16.3 Å². The van der Waals surface area contributed by atoms with Crippen LogP contribution in [0.3, 0.4) is 0 Å². The molecule has 0 aromatic heterocycles. The quantitative estimate of drug-likeness (QED) is 0.478. The summed E-state index contributed by atoms with van der Waals surface area (Å²) in [6.07, 6.45) is 2.31. The molecule has 1 aromatic carbocycles. The summed E-state index contributed by atoms with van der Waals surface area (Å²) in [5.41, 5.74) is -0.00263. The van der Waals surface area contributed by atoms with Gasteiger partial charge in [-0.2, -0.15) is 0 Å². The summed E-state index contributed by atoms with van der Waals surface area (Å²) < 4.78 is 5.48. The van der Waals surface area contributed by atoms with E-state index in [1.807, 2.05) is 0 Å². The van der Waals surface area contributed by atoms with Crippen molar-refractivity contribution >= 4 is 29.1 Å². The van der Waals surface area contributed by atoms with E-state index in [1.165, 1.54) is 17.8 Å². The zero-order chi connectivity index (χ0) is 12.3. The Labute approximate surface area is 108 Å². The van der Waals surface area contributed by atoms with Crippen LogP contribution in [-0.4, -0.2) is 23.4 Å². The lowest BCUT2D eigenvalue weighted by atomic mass is 10.3. The minimum Gasteiger partial charge on any atom is -0.377 e. The predicted octanol–water partition coefficient (Wildman–Crippen LogP) is 3.52. The van der Waals surface area contributed by atoms with E-state index in [1.54, 1.807) is 12.1 Å². The van der Waals surface area contributed by atoms with Gasteiger partial charge in [-0.1, -0.05) is 17.7 Å². The van der Waals surface area contributed by atoms with Crippen LogP contribution < -0.4 is 0 Å². The van der Waals surface area contributed by atoms with Crippen molar-refractivity contribution in [1.29, 1.82) is 0 Å². The van der Waals surface area contributed by atoms with E-state index >= 15 is 0 Å². The van der Waals surface area contributed by atoms with Gasteiger partial charge in [0.1, 0.15) is 5.02 Å². The van der Waals surface area contributed by atoms with Gasteiger partial charge in [0.05, 0.1) is 15.9 Å². The van der Waals surface area contributed by atoms with Crippen molar-refractivity contribution in [1.82, 2.24) is 0 Å². The van der Waals surface area contributed by atoms with E-state index in [-0.39, 0.29) is 16.8 Å². The molecule has 1 saturated heterocycles. The Balaban J connectivity index is 2.09.